The van der Waals surface area contributed by atoms with E-state index >= 15 is 0 Å². The highest BCUT2D eigenvalue weighted by atomic mass is 32.2. The number of amides is 1. The monoisotopic (exact) mass is 340 g/mol. The number of carbonyl (C=O) groups is 2. The summed E-state index contributed by atoms with van der Waals surface area (Å²) in [4.78, 5) is 35.6. The molecule has 7 heteroatoms. The SMILES string of the molecule is CSCCC(NC(=O)C(C)(C)Cn1ccc(C)cc1=O)C(=O)O. The molecule has 0 aliphatic heterocycles. The quantitative estimate of drug-likeness (QED) is 0.749. The Kier molecular flexibility index (Phi) is 6.87. The highest BCUT2D eigenvalue weighted by Crippen LogP contribution is 2.18. The zero-order valence-corrected chi connectivity index (χ0v) is 14.8. The van der Waals surface area contributed by atoms with Gasteiger partial charge in [0.05, 0.1) is 5.41 Å². The van der Waals surface area contributed by atoms with Crippen LogP contribution in [-0.2, 0) is 16.1 Å². The molecule has 128 valence electrons. The van der Waals surface area contributed by atoms with Gasteiger partial charge in [-0.2, -0.15) is 11.8 Å². The number of hydrogen-bond donors (Lipinski definition) is 2. The summed E-state index contributed by atoms with van der Waals surface area (Å²) in [6.45, 7) is 5.41. The van der Waals surface area contributed by atoms with Crippen molar-refractivity contribution in [1.82, 2.24) is 9.88 Å². The number of aromatic nitrogens is 1. The topological polar surface area (TPSA) is 88.4 Å². The molecule has 0 spiro atoms. The molecular weight excluding hydrogens is 316 g/mol. The summed E-state index contributed by atoms with van der Waals surface area (Å²) in [5.41, 5.74) is -0.217. The van der Waals surface area contributed by atoms with Gasteiger partial charge in [0, 0.05) is 18.8 Å². The van der Waals surface area contributed by atoms with E-state index in [2.05, 4.69) is 5.32 Å². The highest BCUT2D eigenvalue weighted by Gasteiger charge is 2.31. The number of hydrogen-bond acceptors (Lipinski definition) is 4. The van der Waals surface area contributed by atoms with E-state index in [1.54, 1.807) is 26.1 Å². The van der Waals surface area contributed by atoms with Gasteiger partial charge in [0.1, 0.15) is 6.04 Å². The van der Waals surface area contributed by atoms with E-state index in [0.29, 0.717) is 12.2 Å². The van der Waals surface area contributed by atoms with Crippen molar-refractivity contribution in [3.05, 3.63) is 34.2 Å². The second kappa shape index (κ2) is 8.19. The minimum absolute atomic E-state index is 0.178. The number of aliphatic carboxylic acids is 1. The number of nitrogens with one attached hydrogen (secondary N) is 1. The molecule has 1 aromatic rings. The van der Waals surface area contributed by atoms with Gasteiger partial charge in [-0.15, -0.1) is 0 Å². The summed E-state index contributed by atoms with van der Waals surface area (Å²) in [6, 6.07) is 2.39. The van der Waals surface area contributed by atoms with Crippen LogP contribution in [0.5, 0.6) is 0 Å². The molecule has 2 N–H and O–H groups in total. The Labute approximate surface area is 140 Å². The van der Waals surface area contributed by atoms with Crippen LogP contribution in [0.25, 0.3) is 0 Å². The van der Waals surface area contributed by atoms with Crippen molar-refractivity contribution >= 4 is 23.6 Å². The number of thioether (sulfide) groups is 1. The van der Waals surface area contributed by atoms with Crippen LogP contribution in [0.1, 0.15) is 25.8 Å². The van der Waals surface area contributed by atoms with Crippen LogP contribution in [0.4, 0.5) is 0 Å². The average molecular weight is 340 g/mol. The smallest absolute Gasteiger partial charge is 0.326 e. The minimum atomic E-state index is -1.05. The molecule has 1 heterocycles. The largest absolute Gasteiger partial charge is 0.480 e. The van der Waals surface area contributed by atoms with Crippen LogP contribution in [0.15, 0.2) is 23.1 Å². The second-order valence-corrected chi connectivity index (χ2v) is 7.19. The fraction of sp³-hybridized carbons (Fsp3) is 0.562. The molecule has 6 nitrogen and oxygen atoms in total. The van der Waals surface area contributed by atoms with Gasteiger partial charge in [-0.1, -0.05) is 0 Å². The molecule has 0 aliphatic carbocycles. The third kappa shape index (κ3) is 5.74. The van der Waals surface area contributed by atoms with Crippen molar-refractivity contribution < 1.29 is 14.7 Å². The maximum Gasteiger partial charge on any atom is 0.326 e. The summed E-state index contributed by atoms with van der Waals surface area (Å²) in [5, 5.41) is 11.8. The van der Waals surface area contributed by atoms with Gasteiger partial charge >= 0.3 is 5.97 Å². The van der Waals surface area contributed by atoms with Gasteiger partial charge < -0.3 is 15.0 Å². The van der Waals surface area contributed by atoms with Gasteiger partial charge in [-0.3, -0.25) is 9.59 Å². The van der Waals surface area contributed by atoms with Crippen molar-refractivity contribution in [3.63, 3.8) is 0 Å². The number of carboxylic acid groups (broad SMARTS) is 1. The highest BCUT2D eigenvalue weighted by molar-refractivity contribution is 7.98. The molecule has 0 bridgehead atoms. The lowest BCUT2D eigenvalue weighted by molar-refractivity contribution is -0.143. The Morgan fingerprint density at radius 1 is 1.43 bits per heavy atom. The lowest BCUT2D eigenvalue weighted by Gasteiger charge is -2.26. The summed E-state index contributed by atoms with van der Waals surface area (Å²) in [7, 11) is 0. The van der Waals surface area contributed by atoms with Crippen molar-refractivity contribution in [1.29, 1.82) is 0 Å². The Morgan fingerprint density at radius 3 is 2.61 bits per heavy atom. The van der Waals surface area contributed by atoms with E-state index < -0.39 is 17.4 Å². The molecule has 0 saturated heterocycles. The summed E-state index contributed by atoms with van der Waals surface area (Å²) in [6.07, 6.45) is 3.90. The number of carbonyl (C=O) groups excluding carboxylic acids is 1. The lowest BCUT2D eigenvalue weighted by Crippen LogP contribution is -2.48. The Hall–Kier alpha value is -1.76. The molecule has 0 fully saturated rings. The standard InChI is InChI=1S/C16H24N2O4S/c1-11-5-7-18(13(19)9-11)10-16(2,3)15(22)17-12(14(20)21)6-8-23-4/h5,7,9,12H,6,8,10H2,1-4H3,(H,17,22)(H,20,21). The van der Waals surface area contributed by atoms with Gasteiger partial charge in [-0.05, 0) is 50.8 Å². The van der Waals surface area contributed by atoms with Gasteiger partial charge in [0.25, 0.3) is 5.56 Å². The summed E-state index contributed by atoms with van der Waals surface area (Å²) < 4.78 is 1.46. The van der Waals surface area contributed by atoms with Crippen molar-refractivity contribution in [3.8, 4) is 0 Å². The molecule has 1 atom stereocenters. The van der Waals surface area contributed by atoms with Gasteiger partial charge in [0.2, 0.25) is 5.91 Å². The number of aryl methyl sites for hydroxylation is 1. The fourth-order valence-corrected chi connectivity index (χ4v) is 2.55. The predicted octanol–water partition coefficient (Wildman–Crippen LogP) is 1.51. The van der Waals surface area contributed by atoms with Crippen molar-refractivity contribution in [2.45, 2.75) is 39.8 Å². The zero-order chi connectivity index (χ0) is 17.6. The number of nitrogens with zero attached hydrogens (tertiary/aromatic N) is 1. The number of rotatable bonds is 8. The third-order valence-electron chi connectivity index (χ3n) is 3.55. The van der Waals surface area contributed by atoms with Crippen LogP contribution in [-0.4, -0.2) is 39.6 Å². The molecule has 0 aromatic carbocycles. The Morgan fingerprint density at radius 2 is 2.09 bits per heavy atom. The van der Waals surface area contributed by atoms with Gasteiger partial charge in [-0.25, -0.2) is 4.79 Å². The van der Waals surface area contributed by atoms with Gasteiger partial charge in [0.15, 0.2) is 0 Å². The molecule has 0 radical (unpaired) electrons. The molecule has 23 heavy (non-hydrogen) atoms. The first-order chi connectivity index (χ1) is 10.7. The zero-order valence-electron chi connectivity index (χ0n) is 14.0. The van der Waals surface area contributed by atoms with Crippen LogP contribution in [0, 0.1) is 12.3 Å². The first kappa shape index (κ1) is 19.3. The first-order valence-corrected chi connectivity index (χ1v) is 8.76. The molecule has 0 aliphatic rings. The second-order valence-electron chi connectivity index (χ2n) is 6.20. The first-order valence-electron chi connectivity index (χ1n) is 7.37. The molecule has 0 saturated carbocycles. The molecule has 1 unspecified atom stereocenters. The maximum absolute atomic E-state index is 12.4. The van der Waals surface area contributed by atoms with E-state index in [4.69, 9.17) is 0 Å². The van der Waals surface area contributed by atoms with Crippen molar-refractivity contribution in [2.75, 3.05) is 12.0 Å². The van der Waals surface area contributed by atoms with Crippen LogP contribution < -0.4 is 10.9 Å². The summed E-state index contributed by atoms with van der Waals surface area (Å²) in [5.74, 6) is -0.774. The Balaban J connectivity index is 2.83. The maximum atomic E-state index is 12.4. The average Bonchev–Trinajstić information content (AvgIpc) is 2.45. The minimum Gasteiger partial charge on any atom is -0.480 e. The van der Waals surface area contributed by atoms with Crippen LogP contribution in [0.2, 0.25) is 0 Å². The van der Waals surface area contributed by atoms with E-state index in [1.807, 2.05) is 13.2 Å². The lowest BCUT2D eigenvalue weighted by atomic mass is 9.91. The third-order valence-corrected chi connectivity index (χ3v) is 4.19. The van der Waals surface area contributed by atoms with Crippen LogP contribution in [0.3, 0.4) is 0 Å². The molecule has 1 amide bonds. The molecule has 1 aromatic heterocycles. The van der Waals surface area contributed by atoms with E-state index in [1.165, 1.54) is 22.4 Å². The normalized spacial score (nSPS) is 12.7. The molecular formula is C16H24N2O4S. The fourth-order valence-electron chi connectivity index (χ4n) is 2.08. The number of pyridine rings is 1. The summed E-state index contributed by atoms with van der Waals surface area (Å²) >= 11 is 1.53. The number of carboxylic acids is 1. The molecule has 1 rings (SSSR count). The van der Waals surface area contributed by atoms with Crippen molar-refractivity contribution in [2.24, 2.45) is 5.41 Å². The van der Waals surface area contributed by atoms with E-state index in [9.17, 15) is 19.5 Å². The van der Waals surface area contributed by atoms with Crippen LogP contribution >= 0.6 is 11.8 Å². The van der Waals surface area contributed by atoms with E-state index in [0.717, 1.165) is 5.56 Å². The Bertz CT molecular complexity index is 625. The predicted molar refractivity (Wildman–Crippen MR) is 91.8 cm³/mol. The van der Waals surface area contributed by atoms with E-state index in [-0.39, 0.29) is 18.0 Å².